The molecular weight excluding hydrogens is 366 g/mol. The third-order valence-electron chi connectivity index (χ3n) is 5.74. The zero-order valence-corrected chi connectivity index (χ0v) is 16.2. The molecule has 5 rings (SSSR count). The topological polar surface area (TPSA) is 64.1 Å². The van der Waals surface area contributed by atoms with Gasteiger partial charge in [-0.15, -0.1) is 0 Å². The number of amides is 1. The van der Waals surface area contributed by atoms with Crippen molar-refractivity contribution in [1.82, 2.24) is 9.88 Å². The second-order valence-electron chi connectivity index (χ2n) is 7.34. The number of aromatic nitrogens is 1. The number of anilines is 1. The van der Waals surface area contributed by atoms with E-state index in [4.69, 9.17) is 19.2 Å². The highest BCUT2D eigenvalue weighted by atomic mass is 32.1. The first kappa shape index (κ1) is 17.2. The van der Waals surface area contributed by atoms with Gasteiger partial charge in [0.1, 0.15) is 11.3 Å². The van der Waals surface area contributed by atoms with Crippen LogP contribution in [0.4, 0.5) is 5.13 Å². The van der Waals surface area contributed by atoms with E-state index >= 15 is 0 Å². The van der Waals surface area contributed by atoms with Crippen LogP contribution < -0.4 is 9.64 Å². The molecule has 0 saturated carbocycles. The Morgan fingerprint density at radius 2 is 2.00 bits per heavy atom. The van der Waals surface area contributed by atoms with Gasteiger partial charge in [0, 0.05) is 39.0 Å². The standard InChI is InChI=1S/C19H23N3O4S/c1-24-14-3-2-4-15-16(14)20-18(27-15)22-11-13(12-22)17(23)21-7-5-19(6-8-21)25-9-10-26-19/h2-4,13H,5-12H2,1H3. The van der Waals surface area contributed by atoms with E-state index in [-0.39, 0.29) is 11.8 Å². The van der Waals surface area contributed by atoms with E-state index in [0.29, 0.717) is 26.3 Å². The lowest BCUT2D eigenvalue weighted by Gasteiger charge is -2.43. The molecule has 1 aromatic heterocycles. The quantitative estimate of drug-likeness (QED) is 0.801. The monoisotopic (exact) mass is 389 g/mol. The Kier molecular flexibility index (Phi) is 4.22. The Balaban J connectivity index is 1.20. The molecule has 144 valence electrons. The zero-order chi connectivity index (χ0) is 18.4. The van der Waals surface area contributed by atoms with Crippen LogP contribution in [0.2, 0.25) is 0 Å². The molecule has 3 fully saturated rings. The van der Waals surface area contributed by atoms with Gasteiger partial charge in [-0.25, -0.2) is 4.98 Å². The lowest BCUT2D eigenvalue weighted by molar-refractivity contribution is -0.188. The molecular formula is C19H23N3O4S. The smallest absolute Gasteiger partial charge is 0.229 e. The van der Waals surface area contributed by atoms with E-state index in [1.54, 1.807) is 18.4 Å². The largest absolute Gasteiger partial charge is 0.494 e. The number of hydrogen-bond donors (Lipinski definition) is 0. The maximum Gasteiger partial charge on any atom is 0.229 e. The maximum atomic E-state index is 12.8. The van der Waals surface area contributed by atoms with E-state index in [1.165, 1.54) is 0 Å². The number of benzene rings is 1. The normalized spacial score (nSPS) is 22.4. The average molecular weight is 389 g/mol. The summed E-state index contributed by atoms with van der Waals surface area (Å²) >= 11 is 1.65. The molecule has 3 aliphatic heterocycles. The third-order valence-corrected chi connectivity index (χ3v) is 6.82. The number of carbonyl (C=O) groups excluding carboxylic acids is 1. The molecule has 3 aliphatic rings. The average Bonchev–Trinajstić information content (AvgIpc) is 3.28. The molecule has 4 heterocycles. The number of likely N-dealkylation sites (tertiary alicyclic amines) is 1. The predicted octanol–water partition coefficient (Wildman–Crippen LogP) is 2.11. The van der Waals surface area contributed by atoms with Crippen LogP contribution in [0.15, 0.2) is 18.2 Å². The van der Waals surface area contributed by atoms with Crippen molar-refractivity contribution in [2.24, 2.45) is 5.92 Å². The molecule has 0 N–H and O–H groups in total. The van der Waals surface area contributed by atoms with Crippen LogP contribution in [-0.2, 0) is 14.3 Å². The van der Waals surface area contributed by atoms with E-state index in [1.807, 2.05) is 17.0 Å². The molecule has 1 amide bonds. The van der Waals surface area contributed by atoms with Crippen molar-refractivity contribution in [2.75, 3.05) is 51.4 Å². The fourth-order valence-corrected chi connectivity index (χ4v) is 5.12. The molecule has 7 nitrogen and oxygen atoms in total. The summed E-state index contributed by atoms with van der Waals surface area (Å²) in [5.74, 6) is 0.667. The van der Waals surface area contributed by atoms with Crippen LogP contribution in [0, 0.1) is 5.92 Å². The number of methoxy groups -OCH3 is 1. The van der Waals surface area contributed by atoms with Gasteiger partial charge in [0.2, 0.25) is 5.91 Å². The van der Waals surface area contributed by atoms with Crippen LogP contribution >= 0.6 is 11.3 Å². The Morgan fingerprint density at radius 1 is 1.26 bits per heavy atom. The number of nitrogens with zero attached hydrogens (tertiary/aromatic N) is 3. The Bertz CT molecular complexity index is 848. The van der Waals surface area contributed by atoms with Gasteiger partial charge >= 0.3 is 0 Å². The summed E-state index contributed by atoms with van der Waals surface area (Å²) in [5.41, 5.74) is 0.896. The van der Waals surface area contributed by atoms with Crippen molar-refractivity contribution in [3.8, 4) is 5.75 Å². The Labute approximate surface area is 161 Å². The summed E-state index contributed by atoms with van der Waals surface area (Å²) in [7, 11) is 1.66. The Hall–Kier alpha value is -1.90. The van der Waals surface area contributed by atoms with Gasteiger partial charge in [0.25, 0.3) is 0 Å². The molecule has 0 unspecified atom stereocenters. The number of hydrogen-bond acceptors (Lipinski definition) is 7. The van der Waals surface area contributed by atoms with Crippen molar-refractivity contribution in [3.63, 3.8) is 0 Å². The second kappa shape index (κ2) is 6.61. The lowest BCUT2D eigenvalue weighted by atomic mass is 9.96. The molecule has 1 aromatic carbocycles. The predicted molar refractivity (Wildman–Crippen MR) is 102 cm³/mol. The van der Waals surface area contributed by atoms with Crippen molar-refractivity contribution in [1.29, 1.82) is 0 Å². The van der Waals surface area contributed by atoms with Crippen molar-refractivity contribution >= 4 is 32.6 Å². The van der Waals surface area contributed by atoms with Gasteiger partial charge in [-0.3, -0.25) is 4.79 Å². The molecule has 0 aliphatic carbocycles. The molecule has 2 aromatic rings. The highest BCUT2D eigenvalue weighted by Crippen LogP contribution is 2.37. The summed E-state index contributed by atoms with van der Waals surface area (Å²) in [5, 5.41) is 0.962. The van der Waals surface area contributed by atoms with E-state index < -0.39 is 5.79 Å². The fourth-order valence-electron chi connectivity index (χ4n) is 4.11. The first-order valence-corrected chi connectivity index (χ1v) is 10.2. The van der Waals surface area contributed by atoms with Crippen molar-refractivity contribution in [3.05, 3.63) is 18.2 Å². The first-order valence-electron chi connectivity index (χ1n) is 9.43. The second-order valence-corrected chi connectivity index (χ2v) is 8.35. The molecule has 0 radical (unpaired) electrons. The van der Waals surface area contributed by atoms with Crippen LogP contribution in [0.25, 0.3) is 10.2 Å². The minimum absolute atomic E-state index is 0.0540. The molecule has 3 saturated heterocycles. The van der Waals surface area contributed by atoms with E-state index in [9.17, 15) is 4.79 Å². The molecule has 1 spiro atoms. The summed E-state index contributed by atoms with van der Waals surface area (Å²) in [6, 6.07) is 5.96. The lowest BCUT2D eigenvalue weighted by Crippen LogP contribution is -2.57. The highest BCUT2D eigenvalue weighted by molar-refractivity contribution is 7.22. The molecule has 0 atom stereocenters. The summed E-state index contributed by atoms with van der Waals surface area (Å²) < 4.78 is 18.0. The van der Waals surface area contributed by atoms with Crippen LogP contribution in [-0.4, -0.2) is 68.1 Å². The van der Waals surface area contributed by atoms with Gasteiger partial charge < -0.3 is 24.0 Å². The summed E-state index contributed by atoms with van der Waals surface area (Å²) in [6.07, 6.45) is 1.54. The number of ether oxygens (including phenoxy) is 3. The Morgan fingerprint density at radius 3 is 2.70 bits per heavy atom. The van der Waals surface area contributed by atoms with E-state index in [2.05, 4.69) is 11.0 Å². The number of piperidine rings is 1. The number of carbonyl (C=O) groups is 1. The van der Waals surface area contributed by atoms with Gasteiger partial charge in [-0.1, -0.05) is 17.4 Å². The van der Waals surface area contributed by atoms with Crippen molar-refractivity contribution < 1.29 is 19.0 Å². The number of rotatable bonds is 3. The number of para-hydroxylation sites is 1. The van der Waals surface area contributed by atoms with E-state index in [0.717, 1.165) is 47.0 Å². The third kappa shape index (κ3) is 2.96. The molecule has 27 heavy (non-hydrogen) atoms. The summed E-state index contributed by atoms with van der Waals surface area (Å²) in [4.78, 5) is 21.7. The minimum atomic E-state index is -0.428. The first-order chi connectivity index (χ1) is 13.2. The number of thiazole rings is 1. The van der Waals surface area contributed by atoms with Crippen LogP contribution in [0.1, 0.15) is 12.8 Å². The minimum Gasteiger partial charge on any atom is -0.494 e. The van der Waals surface area contributed by atoms with Gasteiger partial charge in [-0.05, 0) is 12.1 Å². The highest BCUT2D eigenvalue weighted by Gasteiger charge is 2.43. The van der Waals surface area contributed by atoms with Crippen molar-refractivity contribution in [2.45, 2.75) is 18.6 Å². The number of fused-ring (bicyclic) bond motifs is 1. The fraction of sp³-hybridized carbons (Fsp3) is 0.579. The summed E-state index contributed by atoms with van der Waals surface area (Å²) in [6.45, 7) is 4.23. The van der Waals surface area contributed by atoms with Gasteiger partial charge in [0.15, 0.2) is 10.9 Å². The SMILES string of the molecule is COc1cccc2sc(N3CC(C(=O)N4CCC5(CC4)OCCO5)C3)nc12. The zero-order valence-electron chi connectivity index (χ0n) is 15.3. The van der Waals surface area contributed by atoms with Crippen LogP contribution in [0.5, 0.6) is 5.75 Å². The molecule has 8 heteroatoms. The van der Waals surface area contributed by atoms with Crippen LogP contribution in [0.3, 0.4) is 0 Å². The van der Waals surface area contributed by atoms with Gasteiger partial charge in [-0.2, -0.15) is 0 Å². The van der Waals surface area contributed by atoms with Gasteiger partial charge in [0.05, 0.1) is 30.9 Å². The molecule has 0 bridgehead atoms. The maximum absolute atomic E-state index is 12.8.